The molecule has 4 heteroatoms. The number of hydrogen-bond acceptors (Lipinski definition) is 3. The number of thioether (sulfide) groups is 1. The molecule has 2 aliphatic heterocycles. The van der Waals surface area contributed by atoms with Crippen molar-refractivity contribution in [2.45, 2.75) is 23.8 Å². The van der Waals surface area contributed by atoms with E-state index in [-0.39, 0.29) is 5.56 Å². The van der Waals surface area contributed by atoms with E-state index in [0.29, 0.717) is 11.8 Å². The summed E-state index contributed by atoms with van der Waals surface area (Å²) in [7, 11) is 0. The van der Waals surface area contributed by atoms with Crippen LogP contribution in [-0.4, -0.2) is 23.9 Å². The molecule has 0 radical (unpaired) electrons. The molecule has 1 fully saturated rings. The zero-order valence-corrected chi connectivity index (χ0v) is 13.5. The molecule has 2 bridgehead atoms. The third-order valence-electron chi connectivity index (χ3n) is 4.91. The molecule has 1 aromatic heterocycles. The average molecular weight is 312 g/mol. The molecular weight excluding hydrogens is 292 g/mol. The van der Waals surface area contributed by atoms with Gasteiger partial charge in [-0.05, 0) is 55.0 Å². The van der Waals surface area contributed by atoms with E-state index in [1.807, 2.05) is 10.6 Å². The number of fused-ring (bicyclic) bond motifs is 4. The van der Waals surface area contributed by atoms with Crippen LogP contribution in [0.4, 0.5) is 0 Å². The lowest BCUT2D eigenvalue weighted by Gasteiger charge is -2.37. The first-order valence-corrected chi connectivity index (χ1v) is 9.07. The van der Waals surface area contributed by atoms with Crippen molar-refractivity contribution in [2.75, 3.05) is 19.3 Å². The lowest BCUT2D eigenvalue weighted by molar-refractivity contribution is 0.257. The SMILES string of the molecule is CSc1ccc(-c2ccc3n(c2=O)C[C@H]2CNC[C@H]3C2)cc1. The Hall–Kier alpha value is -1.52. The summed E-state index contributed by atoms with van der Waals surface area (Å²) in [6, 6.07) is 12.5. The monoisotopic (exact) mass is 312 g/mol. The minimum Gasteiger partial charge on any atom is -0.316 e. The summed E-state index contributed by atoms with van der Waals surface area (Å²) in [5, 5.41) is 3.49. The molecule has 0 unspecified atom stereocenters. The summed E-state index contributed by atoms with van der Waals surface area (Å²) in [4.78, 5) is 14.2. The molecule has 0 spiro atoms. The third kappa shape index (κ3) is 2.31. The number of nitrogens with zero attached hydrogens (tertiary/aromatic N) is 1. The molecular formula is C18H20N2OS. The van der Waals surface area contributed by atoms with E-state index in [9.17, 15) is 4.79 Å². The Bertz CT molecular complexity index is 751. The highest BCUT2D eigenvalue weighted by molar-refractivity contribution is 7.98. The van der Waals surface area contributed by atoms with E-state index in [4.69, 9.17) is 0 Å². The molecule has 1 N–H and O–H groups in total. The molecule has 3 heterocycles. The van der Waals surface area contributed by atoms with Crippen LogP contribution in [0.3, 0.4) is 0 Å². The summed E-state index contributed by atoms with van der Waals surface area (Å²) < 4.78 is 2.03. The van der Waals surface area contributed by atoms with Crippen molar-refractivity contribution in [2.24, 2.45) is 5.92 Å². The minimum absolute atomic E-state index is 0.172. The second-order valence-corrected chi connectivity index (χ2v) is 7.15. The lowest BCUT2D eigenvalue weighted by atomic mass is 9.84. The highest BCUT2D eigenvalue weighted by Gasteiger charge is 2.31. The first kappa shape index (κ1) is 14.1. The van der Waals surface area contributed by atoms with Crippen LogP contribution < -0.4 is 10.9 Å². The van der Waals surface area contributed by atoms with Crippen LogP contribution in [0.15, 0.2) is 46.1 Å². The molecule has 0 aliphatic carbocycles. The standard InChI is InChI=1S/C18H20N2OS/c1-22-15-4-2-13(3-5-15)16-6-7-17-14-8-12(9-19-10-14)11-20(17)18(16)21/h2-7,12,14,19H,8-11H2,1H3/t12-,14-/m1/s1. The van der Waals surface area contributed by atoms with Gasteiger partial charge in [-0.3, -0.25) is 4.79 Å². The minimum atomic E-state index is 0.172. The second-order valence-electron chi connectivity index (χ2n) is 6.27. The van der Waals surface area contributed by atoms with Gasteiger partial charge in [-0.2, -0.15) is 0 Å². The van der Waals surface area contributed by atoms with E-state index >= 15 is 0 Å². The van der Waals surface area contributed by atoms with Crippen molar-refractivity contribution in [3.8, 4) is 11.1 Å². The summed E-state index contributed by atoms with van der Waals surface area (Å²) in [6.07, 6.45) is 3.28. The smallest absolute Gasteiger partial charge is 0.258 e. The largest absolute Gasteiger partial charge is 0.316 e. The van der Waals surface area contributed by atoms with Gasteiger partial charge in [-0.25, -0.2) is 0 Å². The predicted octanol–water partition coefficient (Wildman–Crippen LogP) is 2.94. The number of aromatic nitrogens is 1. The van der Waals surface area contributed by atoms with Gasteiger partial charge in [0.1, 0.15) is 0 Å². The van der Waals surface area contributed by atoms with Crippen molar-refractivity contribution in [1.82, 2.24) is 9.88 Å². The molecule has 0 amide bonds. The van der Waals surface area contributed by atoms with Gasteiger partial charge in [-0.15, -0.1) is 11.8 Å². The highest BCUT2D eigenvalue weighted by Crippen LogP contribution is 2.32. The molecule has 2 aliphatic rings. The zero-order valence-electron chi connectivity index (χ0n) is 12.7. The lowest BCUT2D eigenvalue weighted by Crippen LogP contribution is -2.45. The van der Waals surface area contributed by atoms with Gasteiger partial charge in [0.25, 0.3) is 5.56 Å². The highest BCUT2D eigenvalue weighted by atomic mass is 32.2. The average Bonchev–Trinajstić information content (AvgIpc) is 2.56. The molecule has 114 valence electrons. The number of rotatable bonds is 2. The summed E-state index contributed by atoms with van der Waals surface area (Å²) >= 11 is 1.72. The molecule has 2 aromatic rings. The van der Waals surface area contributed by atoms with E-state index in [0.717, 1.165) is 30.8 Å². The predicted molar refractivity (Wildman–Crippen MR) is 91.6 cm³/mol. The van der Waals surface area contributed by atoms with Crippen LogP contribution in [-0.2, 0) is 6.54 Å². The fourth-order valence-electron chi connectivity index (χ4n) is 3.78. The van der Waals surface area contributed by atoms with E-state index < -0.39 is 0 Å². The van der Waals surface area contributed by atoms with E-state index in [1.54, 1.807) is 11.8 Å². The molecule has 4 rings (SSSR count). The van der Waals surface area contributed by atoms with Gasteiger partial charge < -0.3 is 9.88 Å². The van der Waals surface area contributed by atoms with Crippen LogP contribution in [0.2, 0.25) is 0 Å². The molecule has 1 aromatic carbocycles. The normalized spacial score (nSPS) is 23.1. The maximum Gasteiger partial charge on any atom is 0.258 e. The Labute approximate surface area is 134 Å². The maximum absolute atomic E-state index is 12.9. The van der Waals surface area contributed by atoms with E-state index in [2.05, 4.69) is 41.9 Å². The second kappa shape index (κ2) is 5.60. The quantitative estimate of drug-likeness (QED) is 0.866. The van der Waals surface area contributed by atoms with Crippen LogP contribution in [0, 0.1) is 5.92 Å². The first-order valence-electron chi connectivity index (χ1n) is 7.85. The Morgan fingerprint density at radius 3 is 2.73 bits per heavy atom. The Kier molecular flexibility index (Phi) is 3.59. The van der Waals surface area contributed by atoms with Gasteiger partial charge in [0, 0.05) is 35.2 Å². The topological polar surface area (TPSA) is 34.0 Å². The van der Waals surface area contributed by atoms with Gasteiger partial charge in [-0.1, -0.05) is 12.1 Å². The zero-order chi connectivity index (χ0) is 15.1. The van der Waals surface area contributed by atoms with Crippen molar-refractivity contribution in [3.05, 3.63) is 52.4 Å². The van der Waals surface area contributed by atoms with Crippen LogP contribution >= 0.6 is 11.8 Å². The molecule has 2 atom stereocenters. The van der Waals surface area contributed by atoms with Crippen molar-refractivity contribution in [1.29, 1.82) is 0 Å². The summed E-state index contributed by atoms with van der Waals surface area (Å²) in [6.45, 7) is 2.89. The van der Waals surface area contributed by atoms with Crippen LogP contribution in [0.1, 0.15) is 18.0 Å². The van der Waals surface area contributed by atoms with Gasteiger partial charge in [0.15, 0.2) is 0 Å². The van der Waals surface area contributed by atoms with Crippen molar-refractivity contribution < 1.29 is 0 Å². The Morgan fingerprint density at radius 2 is 1.95 bits per heavy atom. The summed E-state index contributed by atoms with van der Waals surface area (Å²) in [5.41, 5.74) is 3.22. The maximum atomic E-state index is 12.9. The van der Waals surface area contributed by atoms with Crippen molar-refractivity contribution >= 4 is 11.8 Å². The number of benzene rings is 1. The van der Waals surface area contributed by atoms with Crippen LogP contribution in [0.5, 0.6) is 0 Å². The molecule has 3 nitrogen and oxygen atoms in total. The van der Waals surface area contributed by atoms with Gasteiger partial charge >= 0.3 is 0 Å². The van der Waals surface area contributed by atoms with Gasteiger partial charge in [0.05, 0.1) is 0 Å². The number of pyridine rings is 1. The van der Waals surface area contributed by atoms with Crippen LogP contribution in [0.25, 0.3) is 11.1 Å². The molecule has 22 heavy (non-hydrogen) atoms. The Morgan fingerprint density at radius 1 is 1.14 bits per heavy atom. The molecule has 1 saturated heterocycles. The number of hydrogen-bond donors (Lipinski definition) is 1. The number of piperidine rings is 1. The fraction of sp³-hybridized carbons (Fsp3) is 0.389. The fourth-order valence-corrected chi connectivity index (χ4v) is 4.19. The van der Waals surface area contributed by atoms with E-state index in [1.165, 1.54) is 17.0 Å². The summed E-state index contributed by atoms with van der Waals surface area (Å²) in [5.74, 6) is 1.09. The Balaban J connectivity index is 1.79. The number of nitrogens with one attached hydrogen (secondary N) is 1. The van der Waals surface area contributed by atoms with Gasteiger partial charge in [0.2, 0.25) is 0 Å². The first-order chi connectivity index (χ1) is 10.8. The van der Waals surface area contributed by atoms with Crippen molar-refractivity contribution in [3.63, 3.8) is 0 Å². The molecule has 0 saturated carbocycles. The third-order valence-corrected chi connectivity index (χ3v) is 5.65.